The molecule has 0 saturated carbocycles. The van der Waals surface area contributed by atoms with E-state index in [2.05, 4.69) is 46.1 Å². The van der Waals surface area contributed by atoms with E-state index in [1.54, 1.807) is 12.4 Å². The van der Waals surface area contributed by atoms with Crippen molar-refractivity contribution in [2.75, 3.05) is 6.54 Å². The molecule has 0 radical (unpaired) electrons. The highest BCUT2D eigenvalue weighted by atomic mass is 16.2. The highest BCUT2D eigenvalue weighted by Gasteiger charge is 2.34. The molecule has 0 spiro atoms. The maximum atomic E-state index is 13.1. The number of nitrogens with one attached hydrogen (secondary N) is 2. The van der Waals surface area contributed by atoms with Crippen molar-refractivity contribution in [1.29, 1.82) is 0 Å². The molecule has 0 aromatic carbocycles. The van der Waals surface area contributed by atoms with Gasteiger partial charge in [0.25, 0.3) is 5.91 Å². The Morgan fingerprint density at radius 2 is 2.00 bits per heavy atom. The Morgan fingerprint density at radius 3 is 2.70 bits per heavy atom. The fourth-order valence-corrected chi connectivity index (χ4v) is 3.58. The summed E-state index contributed by atoms with van der Waals surface area (Å²) in [6.07, 6.45) is 7.21. The zero-order valence-corrected chi connectivity index (χ0v) is 15.9. The summed E-state index contributed by atoms with van der Waals surface area (Å²) in [5, 5.41) is 14.6. The lowest BCUT2D eigenvalue weighted by molar-refractivity contribution is 0.0727. The van der Waals surface area contributed by atoms with Gasteiger partial charge in [0.05, 0.1) is 17.9 Å². The largest absolute Gasteiger partial charge is 0.329 e. The van der Waals surface area contributed by atoms with E-state index in [4.69, 9.17) is 0 Å². The van der Waals surface area contributed by atoms with Crippen molar-refractivity contribution in [2.24, 2.45) is 0 Å². The molecule has 3 aromatic rings. The van der Waals surface area contributed by atoms with Gasteiger partial charge in [-0.3, -0.25) is 20.0 Å². The molecule has 0 bridgehead atoms. The summed E-state index contributed by atoms with van der Waals surface area (Å²) >= 11 is 0. The molecule has 4 heterocycles. The zero-order valence-electron chi connectivity index (χ0n) is 15.9. The van der Waals surface area contributed by atoms with Crippen molar-refractivity contribution in [3.05, 3.63) is 53.9 Å². The van der Waals surface area contributed by atoms with Crippen LogP contribution in [-0.4, -0.2) is 42.7 Å². The highest BCUT2D eigenvalue weighted by molar-refractivity contribution is 5.93. The van der Waals surface area contributed by atoms with Crippen molar-refractivity contribution < 1.29 is 4.79 Å². The van der Waals surface area contributed by atoms with Gasteiger partial charge in [0, 0.05) is 35.6 Å². The minimum absolute atomic E-state index is 0.0297. The number of H-pyrrole nitrogens is 2. The van der Waals surface area contributed by atoms with E-state index in [-0.39, 0.29) is 17.4 Å². The van der Waals surface area contributed by atoms with Crippen LogP contribution in [0.3, 0.4) is 0 Å². The van der Waals surface area contributed by atoms with E-state index in [0.29, 0.717) is 5.69 Å². The van der Waals surface area contributed by atoms with E-state index in [0.717, 1.165) is 41.9 Å². The van der Waals surface area contributed by atoms with Crippen molar-refractivity contribution in [2.45, 2.75) is 45.1 Å². The molecule has 2 N–H and O–H groups in total. The third-order valence-corrected chi connectivity index (χ3v) is 5.11. The Kier molecular flexibility index (Phi) is 4.30. The molecule has 27 heavy (non-hydrogen) atoms. The van der Waals surface area contributed by atoms with E-state index in [1.165, 1.54) is 0 Å². The van der Waals surface area contributed by atoms with Crippen LogP contribution in [0.1, 0.15) is 61.5 Å². The summed E-state index contributed by atoms with van der Waals surface area (Å²) in [6, 6.07) is 5.75. The summed E-state index contributed by atoms with van der Waals surface area (Å²) in [4.78, 5) is 19.1. The summed E-state index contributed by atoms with van der Waals surface area (Å²) in [5.74, 6) is -0.0421. The van der Waals surface area contributed by atoms with Gasteiger partial charge >= 0.3 is 0 Å². The van der Waals surface area contributed by atoms with Gasteiger partial charge in [0.15, 0.2) is 0 Å². The van der Waals surface area contributed by atoms with E-state index >= 15 is 0 Å². The van der Waals surface area contributed by atoms with Crippen molar-refractivity contribution in [1.82, 2.24) is 30.3 Å². The van der Waals surface area contributed by atoms with Crippen LogP contribution in [-0.2, 0) is 5.41 Å². The highest BCUT2D eigenvalue weighted by Crippen LogP contribution is 2.37. The number of aromatic nitrogens is 5. The van der Waals surface area contributed by atoms with Crippen molar-refractivity contribution >= 4 is 5.91 Å². The van der Waals surface area contributed by atoms with Crippen LogP contribution < -0.4 is 0 Å². The molecule has 1 fully saturated rings. The first-order valence-electron chi connectivity index (χ1n) is 9.25. The zero-order chi connectivity index (χ0) is 19.0. The lowest BCUT2D eigenvalue weighted by Crippen LogP contribution is -2.31. The van der Waals surface area contributed by atoms with Gasteiger partial charge in [0.2, 0.25) is 0 Å². The molecule has 0 aliphatic carbocycles. The van der Waals surface area contributed by atoms with Gasteiger partial charge in [-0.15, -0.1) is 0 Å². The molecular weight excluding hydrogens is 340 g/mol. The summed E-state index contributed by atoms with van der Waals surface area (Å²) in [5.41, 5.74) is 4.38. The number of carbonyl (C=O) groups excluding carboxylic acids is 1. The average molecular weight is 364 g/mol. The fourth-order valence-electron chi connectivity index (χ4n) is 3.58. The Bertz CT molecular complexity index is 937. The second kappa shape index (κ2) is 6.64. The van der Waals surface area contributed by atoms with Gasteiger partial charge in [-0.2, -0.15) is 10.2 Å². The molecule has 1 saturated heterocycles. The summed E-state index contributed by atoms with van der Waals surface area (Å²) in [7, 11) is 0. The van der Waals surface area contributed by atoms with Gasteiger partial charge in [-0.05, 0) is 36.6 Å². The molecule has 1 aliphatic rings. The number of amides is 1. The summed E-state index contributed by atoms with van der Waals surface area (Å²) < 4.78 is 0. The molecule has 4 rings (SSSR count). The minimum atomic E-state index is -0.0756. The summed E-state index contributed by atoms with van der Waals surface area (Å²) in [6.45, 7) is 7.01. The number of hydrogen-bond acceptors (Lipinski definition) is 4. The van der Waals surface area contributed by atoms with Gasteiger partial charge in [-0.25, -0.2) is 0 Å². The molecule has 1 amide bonds. The number of carbonyl (C=O) groups is 1. The number of aromatic amines is 2. The van der Waals surface area contributed by atoms with E-state index < -0.39 is 0 Å². The number of nitrogens with zero attached hydrogens (tertiary/aromatic N) is 4. The van der Waals surface area contributed by atoms with Crippen LogP contribution in [0.25, 0.3) is 11.1 Å². The van der Waals surface area contributed by atoms with Gasteiger partial charge in [-0.1, -0.05) is 20.8 Å². The maximum Gasteiger partial charge on any atom is 0.274 e. The molecule has 1 aliphatic heterocycles. The lowest BCUT2D eigenvalue weighted by Gasteiger charge is -2.24. The fraction of sp³-hybridized carbons (Fsp3) is 0.400. The SMILES string of the molecule is CC(C)(C)c1cc(C(=O)N2CCC[C@@H]2c2[nH]ncc2-c2ccncc2)n[nH]1. The predicted molar refractivity (Wildman–Crippen MR) is 102 cm³/mol. The average Bonchev–Trinajstić information content (AvgIpc) is 3.40. The molecule has 0 unspecified atom stereocenters. The molecule has 7 nitrogen and oxygen atoms in total. The number of pyridine rings is 1. The lowest BCUT2D eigenvalue weighted by atomic mass is 9.92. The normalized spacial score (nSPS) is 17.4. The Hall–Kier alpha value is -2.96. The van der Waals surface area contributed by atoms with E-state index in [1.807, 2.05) is 29.3 Å². The number of hydrogen-bond donors (Lipinski definition) is 2. The third-order valence-electron chi connectivity index (χ3n) is 5.11. The van der Waals surface area contributed by atoms with Crippen LogP contribution >= 0.6 is 0 Å². The molecule has 7 heteroatoms. The second-order valence-electron chi connectivity index (χ2n) is 8.01. The van der Waals surface area contributed by atoms with Crippen LogP contribution in [0.15, 0.2) is 36.8 Å². The molecule has 140 valence electrons. The Labute approximate surface area is 158 Å². The van der Waals surface area contributed by atoms with Crippen LogP contribution in [0.4, 0.5) is 0 Å². The van der Waals surface area contributed by atoms with Gasteiger partial charge in [0.1, 0.15) is 5.69 Å². The van der Waals surface area contributed by atoms with Crippen LogP contribution in [0.5, 0.6) is 0 Å². The topological polar surface area (TPSA) is 90.6 Å². The van der Waals surface area contributed by atoms with Crippen molar-refractivity contribution in [3.63, 3.8) is 0 Å². The maximum absolute atomic E-state index is 13.1. The van der Waals surface area contributed by atoms with Crippen LogP contribution in [0.2, 0.25) is 0 Å². The first kappa shape index (κ1) is 17.5. The Morgan fingerprint density at radius 1 is 1.22 bits per heavy atom. The van der Waals surface area contributed by atoms with Crippen molar-refractivity contribution in [3.8, 4) is 11.1 Å². The number of rotatable bonds is 3. The first-order valence-corrected chi connectivity index (χ1v) is 9.25. The smallest absolute Gasteiger partial charge is 0.274 e. The quantitative estimate of drug-likeness (QED) is 0.744. The Balaban J connectivity index is 1.63. The third kappa shape index (κ3) is 3.25. The second-order valence-corrected chi connectivity index (χ2v) is 8.01. The molecular formula is C20H24N6O. The first-order chi connectivity index (χ1) is 12.9. The molecule has 1 atom stereocenters. The minimum Gasteiger partial charge on any atom is -0.329 e. The monoisotopic (exact) mass is 364 g/mol. The van der Waals surface area contributed by atoms with Crippen LogP contribution in [0, 0.1) is 0 Å². The van der Waals surface area contributed by atoms with E-state index in [9.17, 15) is 4.79 Å². The molecule has 3 aromatic heterocycles. The van der Waals surface area contributed by atoms with Gasteiger partial charge < -0.3 is 4.90 Å². The predicted octanol–water partition coefficient (Wildman–Crippen LogP) is 3.47. The number of likely N-dealkylation sites (tertiary alicyclic amines) is 1. The standard InChI is InChI=1S/C20H24N6O/c1-20(2,3)17-11-15(23-24-17)19(27)26-10-4-5-16(26)18-14(12-22-25-18)13-6-8-21-9-7-13/h6-9,11-12,16H,4-5,10H2,1-3H3,(H,22,25)(H,23,24)/t16-/m1/s1.